The number of hydrogen-bond acceptors (Lipinski definition) is 3. The molecule has 2 N–H and O–H groups in total. The van der Waals surface area contributed by atoms with Crippen molar-refractivity contribution < 1.29 is 4.79 Å². The van der Waals surface area contributed by atoms with E-state index in [1.54, 1.807) is 6.20 Å². The van der Waals surface area contributed by atoms with Gasteiger partial charge in [0.25, 0.3) is 0 Å². The van der Waals surface area contributed by atoms with Gasteiger partial charge < -0.3 is 9.88 Å². The number of imidazole rings is 1. The summed E-state index contributed by atoms with van der Waals surface area (Å²) in [6.07, 6.45) is 5.12. The molecule has 0 bridgehead atoms. The highest BCUT2D eigenvalue weighted by atomic mass is 16.2. The van der Waals surface area contributed by atoms with Crippen LogP contribution in [0.1, 0.15) is 24.4 Å². The summed E-state index contributed by atoms with van der Waals surface area (Å²) >= 11 is 0. The van der Waals surface area contributed by atoms with E-state index >= 15 is 0 Å². The van der Waals surface area contributed by atoms with Crippen molar-refractivity contribution in [3.05, 3.63) is 48.0 Å². The molecule has 0 spiro atoms. The Hall–Kier alpha value is -2.63. The van der Waals surface area contributed by atoms with Crippen molar-refractivity contribution in [1.29, 1.82) is 0 Å². The molecule has 0 aliphatic carbocycles. The van der Waals surface area contributed by atoms with Crippen molar-refractivity contribution in [2.45, 2.75) is 25.7 Å². The Kier molecular flexibility index (Phi) is 4.02. The van der Waals surface area contributed by atoms with Crippen molar-refractivity contribution in [1.82, 2.24) is 25.1 Å². The smallest absolute Gasteiger partial charge is 0.228 e. The van der Waals surface area contributed by atoms with Gasteiger partial charge in [-0.05, 0) is 37.0 Å². The van der Waals surface area contributed by atoms with E-state index in [2.05, 4.69) is 26.2 Å². The van der Waals surface area contributed by atoms with Gasteiger partial charge in [0, 0.05) is 31.4 Å². The highest BCUT2D eigenvalue weighted by molar-refractivity contribution is 5.78. The lowest BCUT2D eigenvalue weighted by Crippen LogP contribution is -2.39. The molecule has 0 saturated carbocycles. The standard InChI is InChI=1S/C18H21N5O/c24-18(12-14-5-8-19-22-14)23-9-6-13(7-10-23)11-17-20-15-3-1-2-4-16(15)21-17/h1-5,8,13H,6-7,9-12H2,(H,19,22)(H,20,21). The molecule has 2 aromatic heterocycles. The minimum atomic E-state index is 0.182. The summed E-state index contributed by atoms with van der Waals surface area (Å²) in [7, 11) is 0. The molecule has 0 atom stereocenters. The van der Waals surface area contributed by atoms with Crippen LogP contribution in [0.25, 0.3) is 11.0 Å². The molecule has 3 heterocycles. The normalized spacial score (nSPS) is 15.9. The van der Waals surface area contributed by atoms with Gasteiger partial charge in [-0.3, -0.25) is 9.89 Å². The van der Waals surface area contributed by atoms with Gasteiger partial charge in [0.2, 0.25) is 5.91 Å². The molecule has 1 aromatic carbocycles. The fourth-order valence-corrected chi connectivity index (χ4v) is 3.42. The van der Waals surface area contributed by atoms with E-state index in [0.717, 1.165) is 54.9 Å². The number of H-pyrrole nitrogens is 2. The third-order valence-corrected chi connectivity index (χ3v) is 4.79. The number of amides is 1. The second kappa shape index (κ2) is 6.47. The molecule has 1 fully saturated rings. The number of carbonyl (C=O) groups excluding carboxylic acids is 1. The maximum absolute atomic E-state index is 12.3. The summed E-state index contributed by atoms with van der Waals surface area (Å²) in [6.45, 7) is 1.66. The largest absolute Gasteiger partial charge is 0.342 e. The molecular formula is C18H21N5O. The lowest BCUT2D eigenvalue weighted by Gasteiger charge is -2.31. The zero-order valence-electron chi connectivity index (χ0n) is 13.5. The minimum Gasteiger partial charge on any atom is -0.342 e. The van der Waals surface area contributed by atoms with E-state index < -0.39 is 0 Å². The van der Waals surface area contributed by atoms with Gasteiger partial charge in [0.05, 0.1) is 17.5 Å². The fourth-order valence-electron chi connectivity index (χ4n) is 3.42. The number of aromatic amines is 2. The van der Waals surface area contributed by atoms with E-state index in [-0.39, 0.29) is 5.91 Å². The number of piperidine rings is 1. The highest BCUT2D eigenvalue weighted by Crippen LogP contribution is 2.22. The predicted octanol–water partition coefficient (Wildman–Crippen LogP) is 2.31. The lowest BCUT2D eigenvalue weighted by atomic mass is 9.93. The number of para-hydroxylation sites is 2. The first-order valence-electron chi connectivity index (χ1n) is 8.47. The summed E-state index contributed by atoms with van der Waals surface area (Å²) in [5.74, 6) is 1.82. The maximum atomic E-state index is 12.3. The van der Waals surface area contributed by atoms with Crippen LogP contribution in [-0.4, -0.2) is 44.1 Å². The minimum absolute atomic E-state index is 0.182. The first kappa shape index (κ1) is 14.9. The number of hydrogen-bond donors (Lipinski definition) is 2. The molecule has 0 unspecified atom stereocenters. The molecule has 1 amide bonds. The Labute approximate surface area is 140 Å². The van der Waals surface area contributed by atoms with Crippen LogP contribution in [0.5, 0.6) is 0 Å². The van der Waals surface area contributed by atoms with E-state index in [1.165, 1.54) is 0 Å². The Morgan fingerprint density at radius 1 is 1.21 bits per heavy atom. The summed E-state index contributed by atoms with van der Waals surface area (Å²) in [5.41, 5.74) is 3.00. The first-order valence-corrected chi connectivity index (χ1v) is 8.47. The number of fused-ring (bicyclic) bond motifs is 1. The molecule has 6 nitrogen and oxygen atoms in total. The number of benzene rings is 1. The molecule has 6 heteroatoms. The molecule has 124 valence electrons. The zero-order chi connectivity index (χ0) is 16.4. The van der Waals surface area contributed by atoms with Crippen molar-refractivity contribution in [3.63, 3.8) is 0 Å². The second-order valence-corrected chi connectivity index (χ2v) is 6.49. The van der Waals surface area contributed by atoms with Gasteiger partial charge in [0.1, 0.15) is 5.82 Å². The molecule has 3 aromatic rings. The van der Waals surface area contributed by atoms with E-state index in [4.69, 9.17) is 0 Å². The molecule has 24 heavy (non-hydrogen) atoms. The summed E-state index contributed by atoms with van der Waals surface area (Å²) in [4.78, 5) is 22.3. The van der Waals surface area contributed by atoms with Gasteiger partial charge in [-0.2, -0.15) is 5.10 Å². The number of likely N-dealkylation sites (tertiary alicyclic amines) is 1. The van der Waals surface area contributed by atoms with Gasteiger partial charge in [-0.25, -0.2) is 4.98 Å². The quantitative estimate of drug-likeness (QED) is 0.773. The van der Waals surface area contributed by atoms with Gasteiger partial charge in [-0.1, -0.05) is 12.1 Å². The van der Waals surface area contributed by atoms with Crippen LogP contribution in [-0.2, 0) is 17.6 Å². The zero-order valence-corrected chi connectivity index (χ0v) is 13.5. The topological polar surface area (TPSA) is 77.7 Å². The molecule has 1 saturated heterocycles. The van der Waals surface area contributed by atoms with Crippen LogP contribution in [0.3, 0.4) is 0 Å². The lowest BCUT2D eigenvalue weighted by molar-refractivity contribution is -0.131. The molecule has 1 aliphatic heterocycles. The van der Waals surface area contributed by atoms with Crippen LogP contribution in [0.4, 0.5) is 0 Å². The van der Waals surface area contributed by atoms with Gasteiger partial charge in [-0.15, -0.1) is 0 Å². The highest BCUT2D eigenvalue weighted by Gasteiger charge is 2.24. The number of nitrogens with zero attached hydrogens (tertiary/aromatic N) is 3. The number of rotatable bonds is 4. The van der Waals surface area contributed by atoms with E-state index in [9.17, 15) is 4.79 Å². The molecular weight excluding hydrogens is 302 g/mol. The van der Waals surface area contributed by atoms with Crippen LogP contribution in [0, 0.1) is 5.92 Å². The Bertz CT molecular complexity index is 782. The maximum Gasteiger partial charge on any atom is 0.228 e. The second-order valence-electron chi connectivity index (χ2n) is 6.49. The summed E-state index contributed by atoms with van der Waals surface area (Å²) in [6, 6.07) is 9.98. The predicted molar refractivity (Wildman–Crippen MR) is 91.4 cm³/mol. The SMILES string of the molecule is O=C(Cc1ccn[nH]1)N1CCC(Cc2nc3ccccc3[nH]2)CC1. The molecule has 0 radical (unpaired) electrons. The van der Waals surface area contributed by atoms with Gasteiger partial charge in [0.15, 0.2) is 0 Å². The fraction of sp³-hybridized carbons (Fsp3) is 0.389. The van der Waals surface area contributed by atoms with Crippen LogP contribution < -0.4 is 0 Å². The van der Waals surface area contributed by atoms with Crippen LogP contribution in [0.15, 0.2) is 36.5 Å². The Morgan fingerprint density at radius 3 is 2.79 bits per heavy atom. The third-order valence-electron chi connectivity index (χ3n) is 4.79. The van der Waals surface area contributed by atoms with E-state index in [0.29, 0.717) is 12.3 Å². The summed E-state index contributed by atoms with van der Waals surface area (Å²) < 4.78 is 0. The van der Waals surface area contributed by atoms with Crippen molar-refractivity contribution in [2.75, 3.05) is 13.1 Å². The monoisotopic (exact) mass is 323 g/mol. The van der Waals surface area contributed by atoms with Crippen molar-refractivity contribution in [3.8, 4) is 0 Å². The third kappa shape index (κ3) is 3.18. The molecule has 4 rings (SSSR count). The molecule has 1 aliphatic rings. The van der Waals surface area contributed by atoms with E-state index in [1.807, 2.05) is 29.2 Å². The number of aromatic nitrogens is 4. The van der Waals surface area contributed by atoms with Gasteiger partial charge >= 0.3 is 0 Å². The average Bonchev–Trinajstić information content (AvgIpc) is 3.24. The Balaban J connectivity index is 1.31. The van der Waals surface area contributed by atoms with Crippen molar-refractivity contribution in [2.24, 2.45) is 5.92 Å². The van der Waals surface area contributed by atoms with Crippen LogP contribution >= 0.6 is 0 Å². The average molecular weight is 323 g/mol. The number of carbonyl (C=O) groups is 1. The Morgan fingerprint density at radius 2 is 2.04 bits per heavy atom. The summed E-state index contributed by atoms with van der Waals surface area (Å²) in [5, 5.41) is 6.74. The van der Waals surface area contributed by atoms with Crippen LogP contribution in [0.2, 0.25) is 0 Å². The first-order chi connectivity index (χ1) is 11.8. The van der Waals surface area contributed by atoms with Crippen molar-refractivity contribution >= 4 is 16.9 Å². The number of nitrogens with one attached hydrogen (secondary N) is 2.